The third-order valence-electron chi connectivity index (χ3n) is 3.28. The first-order chi connectivity index (χ1) is 10.6. The molecule has 0 saturated heterocycles. The Hall–Kier alpha value is -2.20. The van der Waals surface area contributed by atoms with Crippen molar-refractivity contribution in [2.24, 2.45) is 0 Å². The third kappa shape index (κ3) is 2.62. The molecule has 1 aliphatic heterocycles. The quantitative estimate of drug-likeness (QED) is 0.702. The molecule has 3 rings (SSSR count). The largest absolute Gasteiger partial charge is 0.537 e. The number of nitrogens with zero attached hydrogens (tertiary/aromatic N) is 2. The van der Waals surface area contributed by atoms with Crippen LogP contribution in [0.5, 0.6) is 11.5 Å². The maximum Gasteiger partial charge on any atom is 0.537 e. The normalized spacial score (nSPS) is 16.8. The van der Waals surface area contributed by atoms with Crippen LogP contribution in [0, 0.1) is 0 Å². The molecule has 1 aromatic carbocycles. The second-order valence-electron chi connectivity index (χ2n) is 4.61. The Morgan fingerprint density at radius 2 is 2.41 bits per heavy atom. The van der Waals surface area contributed by atoms with Crippen LogP contribution in [-0.4, -0.2) is 50.9 Å². The number of hydrogen-bond donors (Lipinski definition) is 3. The lowest BCUT2D eigenvalue weighted by molar-refractivity contribution is 0.0690. The molecule has 114 valence electrons. The van der Waals surface area contributed by atoms with Crippen LogP contribution in [0.25, 0.3) is 0 Å². The highest BCUT2D eigenvalue weighted by atomic mass is 32.2. The lowest BCUT2D eigenvalue weighted by Crippen LogP contribution is -2.40. The van der Waals surface area contributed by atoms with E-state index in [4.69, 9.17) is 9.39 Å². The standard InChI is InChI=1S/C12H12BN3O5S/c1-20-7-3-2-6-4-8(22-9-5-14-16-15-9)13(19)21-11(6)10(7)12(17)18/h2-3,5,8,19H,4H2,1H3,(H,17,18)(H,14,15,16)/t8-/m0/s1. The van der Waals surface area contributed by atoms with Crippen molar-refractivity contribution in [2.75, 3.05) is 7.11 Å². The summed E-state index contributed by atoms with van der Waals surface area (Å²) in [6.45, 7) is 0. The Morgan fingerprint density at radius 1 is 1.59 bits per heavy atom. The topological polar surface area (TPSA) is 118 Å². The number of rotatable bonds is 4. The predicted octanol–water partition coefficient (Wildman–Crippen LogP) is 0.627. The minimum absolute atomic E-state index is 0.0797. The van der Waals surface area contributed by atoms with Gasteiger partial charge in [0.15, 0.2) is 0 Å². The molecule has 0 spiro atoms. The Kier molecular flexibility index (Phi) is 3.95. The van der Waals surface area contributed by atoms with Crippen molar-refractivity contribution in [1.29, 1.82) is 0 Å². The number of ether oxygens (including phenoxy) is 1. The van der Waals surface area contributed by atoms with Crippen LogP contribution >= 0.6 is 11.8 Å². The zero-order valence-electron chi connectivity index (χ0n) is 11.5. The van der Waals surface area contributed by atoms with Crippen molar-refractivity contribution in [1.82, 2.24) is 15.4 Å². The molecule has 10 heteroatoms. The summed E-state index contributed by atoms with van der Waals surface area (Å²) in [5.74, 6) is -0.819. The predicted molar refractivity (Wildman–Crippen MR) is 78.3 cm³/mol. The fourth-order valence-corrected chi connectivity index (χ4v) is 3.24. The summed E-state index contributed by atoms with van der Waals surface area (Å²) in [7, 11) is 0.232. The van der Waals surface area contributed by atoms with Gasteiger partial charge in [-0.05, 0) is 18.1 Å². The van der Waals surface area contributed by atoms with E-state index in [1.807, 2.05) is 0 Å². The van der Waals surface area contributed by atoms with Crippen LogP contribution in [-0.2, 0) is 6.42 Å². The van der Waals surface area contributed by atoms with Gasteiger partial charge in [-0.2, -0.15) is 10.3 Å². The molecule has 8 nitrogen and oxygen atoms in total. The van der Waals surface area contributed by atoms with Crippen LogP contribution in [0.1, 0.15) is 15.9 Å². The second-order valence-corrected chi connectivity index (χ2v) is 5.87. The summed E-state index contributed by atoms with van der Waals surface area (Å²) in [5, 5.41) is 29.9. The summed E-state index contributed by atoms with van der Waals surface area (Å²) < 4.78 is 10.5. The van der Waals surface area contributed by atoms with E-state index in [1.54, 1.807) is 18.3 Å². The zero-order valence-corrected chi connectivity index (χ0v) is 12.3. The van der Waals surface area contributed by atoms with Crippen LogP contribution < -0.4 is 9.39 Å². The molecule has 0 amide bonds. The molecule has 0 aliphatic carbocycles. The minimum Gasteiger partial charge on any atom is -0.534 e. The van der Waals surface area contributed by atoms with Gasteiger partial charge in [0.2, 0.25) is 0 Å². The summed E-state index contributed by atoms with van der Waals surface area (Å²) in [5.41, 5.74) is 0.619. The fourth-order valence-electron chi connectivity index (χ4n) is 2.29. The Bertz CT molecular complexity index is 696. The molecule has 1 aliphatic rings. The van der Waals surface area contributed by atoms with Crippen molar-refractivity contribution in [2.45, 2.75) is 16.6 Å². The van der Waals surface area contributed by atoms with Gasteiger partial charge in [0.05, 0.1) is 18.5 Å². The monoisotopic (exact) mass is 321 g/mol. The molecule has 1 atom stereocenters. The Labute approximate surface area is 130 Å². The van der Waals surface area contributed by atoms with Crippen LogP contribution in [0.2, 0.25) is 0 Å². The maximum atomic E-state index is 11.4. The third-order valence-corrected chi connectivity index (χ3v) is 4.42. The molecule has 0 fully saturated rings. The Balaban J connectivity index is 1.93. The molecule has 0 bridgehead atoms. The summed E-state index contributed by atoms with van der Waals surface area (Å²) in [4.78, 5) is 11.4. The van der Waals surface area contributed by atoms with Gasteiger partial charge < -0.3 is 19.5 Å². The maximum absolute atomic E-state index is 11.4. The van der Waals surface area contributed by atoms with Crippen molar-refractivity contribution in [3.8, 4) is 11.5 Å². The van der Waals surface area contributed by atoms with Crippen molar-refractivity contribution >= 4 is 24.8 Å². The van der Waals surface area contributed by atoms with E-state index in [0.29, 0.717) is 17.0 Å². The van der Waals surface area contributed by atoms with Crippen molar-refractivity contribution in [3.05, 3.63) is 29.5 Å². The number of fused-ring (bicyclic) bond motifs is 1. The highest BCUT2D eigenvalue weighted by molar-refractivity contribution is 8.01. The van der Waals surface area contributed by atoms with Gasteiger partial charge in [-0.1, -0.05) is 6.07 Å². The molecule has 0 unspecified atom stereocenters. The van der Waals surface area contributed by atoms with Gasteiger partial charge in [-0.15, -0.1) is 16.9 Å². The van der Waals surface area contributed by atoms with Crippen molar-refractivity contribution < 1.29 is 24.3 Å². The molecule has 2 aromatic rings. The lowest BCUT2D eigenvalue weighted by atomic mass is 9.77. The summed E-state index contributed by atoms with van der Waals surface area (Å²) in [6, 6.07) is 3.32. The number of carboxylic acid groups (broad SMARTS) is 1. The number of methoxy groups -OCH3 is 1. The highest BCUT2D eigenvalue weighted by Crippen LogP contribution is 2.39. The Morgan fingerprint density at radius 3 is 3.05 bits per heavy atom. The van der Waals surface area contributed by atoms with E-state index in [0.717, 1.165) is 0 Å². The molecule has 1 aromatic heterocycles. The molecule has 2 heterocycles. The van der Waals surface area contributed by atoms with Crippen LogP contribution in [0.3, 0.4) is 0 Å². The van der Waals surface area contributed by atoms with E-state index in [9.17, 15) is 14.9 Å². The number of aromatic carboxylic acids is 1. The number of H-pyrrole nitrogens is 1. The molecule has 3 N–H and O–H groups in total. The van der Waals surface area contributed by atoms with E-state index in [2.05, 4.69) is 15.4 Å². The van der Waals surface area contributed by atoms with E-state index in [1.165, 1.54) is 18.9 Å². The summed E-state index contributed by atoms with van der Waals surface area (Å²) >= 11 is 1.31. The smallest absolute Gasteiger partial charge is 0.534 e. The minimum atomic E-state index is -1.16. The first-order valence-corrected chi connectivity index (χ1v) is 7.28. The number of carboxylic acids is 1. The highest BCUT2D eigenvalue weighted by Gasteiger charge is 2.38. The summed E-state index contributed by atoms with van der Waals surface area (Å²) in [6.07, 6.45) is 1.99. The number of carbonyl (C=O) groups is 1. The van der Waals surface area contributed by atoms with Gasteiger partial charge in [0.1, 0.15) is 22.1 Å². The van der Waals surface area contributed by atoms with Gasteiger partial charge in [-0.25, -0.2) is 4.79 Å². The molecule has 22 heavy (non-hydrogen) atoms. The zero-order chi connectivity index (χ0) is 15.7. The average Bonchev–Trinajstić information content (AvgIpc) is 2.99. The number of hydrogen-bond acceptors (Lipinski definition) is 7. The molecule has 0 radical (unpaired) electrons. The number of aromatic amines is 1. The number of aromatic nitrogens is 3. The van der Waals surface area contributed by atoms with Gasteiger partial charge in [0.25, 0.3) is 0 Å². The number of benzene rings is 1. The second kappa shape index (κ2) is 5.89. The van der Waals surface area contributed by atoms with E-state index < -0.39 is 13.1 Å². The van der Waals surface area contributed by atoms with Gasteiger partial charge in [-0.3, -0.25) is 0 Å². The number of thioether (sulfide) groups is 1. The average molecular weight is 321 g/mol. The molecular weight excluding hydrogens is 309 g/mol. The SMILES string of the molecule is COc1ccc2c(c1C(=O)O)OB(O)[C@@H](Sc1cn[nH]n1)C2. The molecule has 0 saturated carbocycles. The van der Waals surface area contributed by atoms with Crippen LogP contribution in [0.15, 0.2) is 23.4 Å². The van der Waals surface area contributed by atoms with E-state index >= 15 is 0 Å². The van der Waals surface area contributed by atoms with E-state index in [-0.39, 0.29) is 22.2 Å². The molecular formula is C12H12BN3O5S. The van der Waals surface area contributed by atoms with Gasteiger partial charge >= 0.3 is 13.1 Å². The first kappa shape index (κ1) is 14.7. The fraction of sp³-hybridized carbons (Fsp3) is 0.250. The number of nitrogens with one attached hydrogen (secondary N) is 1. The lowest BCUT2D eigenvalue weighted by Gasteiger charge is -2.28. The van der Waals surface area contributed by atoms with Gasteiger partial charge in [0, 0.05) is 0 Å². The van der Waals surface area contributed by atoms with Crippen molar-refractivity contribution in [3.63, 3.8) is 0 Å². The van der Waals surface area contributed by atoms with Crippen LogP contribution in [0.4, 0.5) is 0 Å². The first-order valence-electron chi connectivity index (χ1n) is 6.40.